The zero-order valence-corrected chi connectivity index (χ0v) is 45.2. The molecule has 3 fully saturated rings. The van der Waals surface area contributed by atoms with Crippen molar-refractivity contribution >= 4 is 62.6 Å². The van der Waals surface area contributed by atoms with Gasteiger partial charge in [-0.2, -0.15) is 33.4 Å². The first-order valence-electron chi connectivity index (χ1n) is 26.3. The fourth-order valence-corrected chi connectivity index (χ4v) is 11.8. The summed E-state index contributed by atoms with van der Waals surface area (Å²) in [5.74, 6) is -1.96. The van der Waals surface area contributed by atoms with Crippen LogP contribution in [0.2, 0.25) is 10.0 Å². The molecule has 3 aromatic heterocycles. The maximum Gasteiger partial charge on any atom is 0.417 e. The van der Waals surface area contributed by atoms with Crippen LogP contribution in [-0.4, -0.2) is 129 Å². The minimum absolute atomic E-state index is 0.0134. The predicted molar refractivity (Wildman–Crippen MR) is 291 cm³/mol. The van der Waals surface area contributed by atoms with E-state index in [0.29, 0.717) is 48.6 Å². The van der Waals surface area contributed by atoms with Crippen molar-refractivity contribution in [3.63, 3.8) is 0 Å². The number of pyridine rings is 1. The Balaban J connectivity index is 0.841. The Bertz CT molecular complexity index is 3480. The highest BCUT2D eigenvalue weighted by molar-refractivity contribution is 6.35. The van der Waals surface area contributed by atoms with Crippen molar-refractivity contribution in [1.82, 2.24) is 45.7 Å². The van der Waals surface area contributed by atoms with E-state index in [4.69, 9.17) is 47.4 Å². The Kier molecular flexibility index (Phi) is 15.5. The third kappa shape index (κ3) is 10.7. The van der Waals surface area contributed by atoms with Gasteiger partial charge in [-0.05, 0) is 59.6 Å². The summed E-state index contributed by atoms with van der Waals surface area (Å²) in [5, 5.41) is 34.3. The van der Waals surface area contributed by atoms with Crippen LogP contribution in [0.3, 0.4) is 0 Å². The lowest BCUT2D eigenvalue weighted by Crippen LogP contribution is -2.54. The summed E-state index contributed by atoms with van der Waals surface area (Å²) in [5.41, 5.74) is 1.73. The highest BCUT2D eigenvalue weighted by Crippen LogP contribution is 2.52. The number of aliphatic hydroxyl groups is 1. The molecule has 4 aliphatic heterocycles. The van der Waals surface area contributed by atoms with E-state index in [1.54, 1.807) is 52.6 Å². The normalized spacial score (nSPS) is 19.7. The van der Waals surface area contributed by atoms with E-state index in [9.17, 15) is 14.7 Å². The van der Waals surface area contributed by atoms with Gasteiger partial charge >= 0.3 is 12.2 Å². The van der Waals surface area contributed by atoms with E-state index < -0.39 is 52.3 Å². The molecule has 6 unspecified atom stereocenters. The zero-order valence-electron chi connectivity index (χ0n) is 43.7. The molecule has 11 rings (SSSR count). The van der Waals surface area contributed by atoms with Crippen LogP contribution < -0.4 is 25.0 Å². The number of hydrogen-bond acceptors (Lipinski definition) is 15. The van der Waals surface area contributed by atoms with Gasteiger partial charge in [-0.25, -0.2) is 4.39 Å². The average molecular weight is 1140 g/mol. The number of carbonyl (C=O) groups is 2. The standard InChI is InChI=1S/C56H56Cl2F4N12O6/c1-29(2)50(54(77)72-16-4-5-45(72)53(76)66-44(27-75)33-12-10-31(11-13-33)36-14-15-63-24-40(36)57)74-26-43(70-71-74)32-8-6-30(7-9-32)28-80-51-47(46-38-23-65-69-42(38)21-41(59)48(46)58)39(56(60,61)62)20-37-49(51)67-55(79-18-17-78-3)68-52(37)73-25-34-19-35(73)22-64-34/h6-15,20-21,23-24,29,34-35,43-45,50,64,75H,4-5,16-19,22,25-28H2,1-3H3,(H,65,69)(H,66,76). The smallest absolute Gasteiger partial charge is 0.417 e. The van der Waals surface area contributed by atoms with Crippen molar-refractivity contribution in [2.24, 2.45) is 16.3 Å². The lowest BCUT2D eigenvalue weighted by atomic mass is 9.93. The molecule has 6 atom stereocenters. The van der Waals surface area contributed by atoms with E-state index >= 15 is 17.6 Å². The van der Waals surface area contributed by atoms with Crippen molar-refractivity contribution in [3.05, 3.63) is 123 Å². The lowest BCUT2D eigenvalue weighted by Gasteiger charge is -2.34. The number of piperazine rings is 1. The first-order chi connectivity index (χ1) is 38.6. The predicted octanol–water partition coefficient (Wildman–Crippen LogP) is 9.44. The van der Waals surface area contributed by atoms with Crippen LogP contribution in [0, 0.1) is 11.7 Å². The quantitative estimate of drug-likeness (QED) is 0.0467. The summed E-state index contributed by atoms with van der Waals surface area (Å²) >= 11 is 13.0. The molecular weight excluding hydrogens is 1080 g/mol. The number of aromatic nitrogens is 5. The van der Waals surface area contributed by atoms with Crippen LogP contribution >= 0.6 is 23.2 Å². The van der Waals surface area contributed by atoms with Gasteiger partial charge in [0.2, 0.25) is 11.8 Å². The minimum atomic E-state index is -5.02. The second-order valence-electron chi connectivity index (χ2n) is 20.7. The summed E-state index contributed by atoms with van der Waals surface area (Å²) in [6.07, 6.45) is 1.28. The Labute approximate surface area is 466 Å². The van der Waals surface area contributed by atoms with Crippen molar-refractivity contribution in [2.75, 3.05) is 58.0 Å². The number of methoxy groups -OCH3 is 1. The molecule has 0 spiro atoms. The number of alkyl halides is 3. The van der Waals surface area contributed by atoms with Crippen molar-refractivity contribution in [3.8, 4) is 34.0 Å². The number of fused-ring (bicyclic) bond motifs is 4. The Morgan fingerprint density at radius 2 is 1.76 bits per heavy atom. The second-order valence-corrected chi connectivity index (χ2v) is 21.5. The van der Waals surface area contributed by atoms with Gasteiger partial charge in [-0.3, -0.25) is 24.7 Å². The molecular formula is C56H56Cl2F4N12O6. The third-order valence-electron chi connectivity index (χ3n) is 15.3. The maximum atomic E-state index is 15.8. The number of amides is 2. The largest absolute Gasteiger partial charge is 0.486 e. The van der Waals surface area contributed by atoms with Crippen LogP contribution in [0.25, 0.3) is 44.1 Å². The molecule has 2 amide bonds. The molecule has 4 aliphatic rings. The molecule has 418 valence electrons. The third-order valence-corrected chi connectivity index (χ3v) is 16.0. The molecule has 4 N–H and O–H groups in total. The zero-order chi connectivity index (χ0) is 56.0. The lowest BCUT2D eigenvalue weighted by molar-refractivity contribution is -0.144. The summed E-state index contributed by atoms with van der Waals surface area (Å²) in [6.45, 7) is 5.07. The molecule has 7 heterocycles. The molecule has 2 bridgehead atoms. The van der Waals surface area contributed by atoms with Crippen LogP contribution in [-0.2, 0) is 27.1 Å². The number of hydrogen-bond donors (Lipinski definition) is 4. The molecule has 3 saturated heterocycles. The van der Waals surface area contributed by atoms with E-state index in [-0.39, 0.29) is 108 Å². The van der Waals surface area contributed by atoms with Crippen molar-refractivity contribution in [1.29, 1.82) is 0 Å². The number of H-pyrrole nitrogens is 1. The minimum Gasteiger partial charge on any atom is -0.486 e. The topological polar surface area (TPSA) is 208 Å². The number of halogens is 6. The number of rotatable bonds is 18. The van der Waals surface area contributed by atoms with E-state index in [2.05, 4.69) is 36.2 Å². The number of carbonyl (C=O) groups excluding carboxylic acids is 2. The average Bonchev–Trinajstić information content (AvgIpc) is 4.36. The van der Waals surface area contributed by atoms with Gasteiger partial charge in [-0.1, -0.05) is 90.8 Å². The van der Waals surface area contributed by atoms with Gasteiger partial charge in [0.05, 0.1) is 53.1 Å². The van der Waals surface area contributed by atoms with Gasteiger partial charge < -0.3 is 39.8 Å². The van der Waals surface area contributed by atoms with E-state index in [1.807, 2.05) is 43.0 Å². The Morgan fingerprint density at radius 1 is 0.963 bits per heavy atom. The fraction of sp³-hybridized carbons (Fsp3) is 0.393. The van der Waals surface area contributed by atoms with Crippen molar-refractivity contribution in [2.45, 2.75) is 82.1 Å². The highest BCUT2D eigenvalue weighted by Gasteiger charge is 2.45. The number of anilines is 1. The molecule has 0 saturated carbocycles. The van der Waals surface area contributed by atoms with Gasteiger partial charge in [0.25, 0.3) is 0 Å². The molecule has 24 heteroatoms. The molecule has 18 nitrogen and oxygen atoms in total. The van der Waals surface area contributed by atoms with Crippen molar-refractivity contribution < 1.29 is 46.5 Å². The molecule has 7 aromatic rings. The number of nitrogens with one attached hydrogen (secondary N) is 3. The van der Waals surface area contributed by atoms with Crippen LogP contribution in [0.15, 0.2) is 95.7 Å². The summed E-state index contributed by atoms with van der Waals surface area (Å²) in [7, 11) is 1.50. The van der Waals surface area contributed by atoms with Crippen LogP contribution in [0.1, 0.15) is 67.4 Å². The number of likely N-dealkylation sites (tertiary alicyclic amines) is 1. The first kappa shape index (κ1) is 54.7. The Hall–Kier alpha value is -7.24. The number of benzene rings is 4. The molecule has 0 aliphatic carbocycles. The van der Waals surface area contributed by atoms with Gasteiger partial charge in [0.15, 0.2) is 5.75 Å². The van der Waals surface area contributed by atoms with Gasteiger partial charge in [0.1, 0.15) is 48.5 Å². The van der Waals surface area contributed by atoms with Gasteiger partial charge in [0, 0.05) is 84.8 Å². The summed E-state index contributed by atoms with van der Waals surface area (Å²) in [4.78, 5) is 45.5. The summed E-state index contributed by atoms with van der Waals surface area (Å²) in [6, 6.07) is 15.5. The van der Waals surface area contributed by atoms with Crippen LogP contribution in [0.4, 0.5) is 23.4 Å². The highest BCUT2D eigenvalue weighted by atomic mass is 35.5. The van der Waals surface area contributed by atoms with E-state index in [1.165, 1.54) is 13.3 Å². The van der Waals surface area contributed by atoms with Gasteiger partial charge in [-0.15, -0.1) is 0 Å². The maximum absolute atomic E-state index is 15.8. The molecule has 80 heavy (non-hydrogen) atoms. The van der Waals surface area contributed by atoms with Crippen LogP contribution in [0.5, 0.6) is 11.8 Å². The number of aromatic amines is 1. The molecule has 4 aromatic carbocycles. The fourth-order valence-electron chi connectivity index (χ4n) is 11.4. The SMILES string of the molecule is COCCOc1nc(N2CC3CC2CN3)c2cc(C(F)(F)F)c(-c3c(Cl)c(F)cc4[nH]ncc34)c(OCc3ccc(C4CN(C(C(=O)N5CCCC5C(=O)NC(CO)c5ccc(-c6ccncc6Cl)cc5)C(C)C)N=N4)cc3)c2n1. The second kappa shape index (κ2) is 22.7. The number of ether oxygens (including phenoxy) is 3. The number of nitrogens with zero attached hydrogens (tertiary/aromatic N) is 9. The monoisotopic (exact) mass is 1140 g/mol. The Morgan fingerprint density at radius 3 is 2.46 bits per heavy atom. The number of aliphatic hydroxyl groups excluding tert-OH is 1. The first-order valence-corrected chi connectivity index (χ1v) is 27.0. The summed E-state index contributed by atoms with van der Waals surface area (Å²) < 4.78 is 80.8. The van der Waals surface area contributed by atoms with E-state index in [0.717, 1.165) is 35.2 Å². The molecule has 0 radical (unpaired) electrons.